The van der Waals surface area contributed by atoms with Gasteiger partial charge in [-0.1, -0.05) is 26.7 Å². The van der Waals surface area contributed by atoms with Crippen LogP contribution in [-0.4, -0.2) is 21.9 Å². The fourth-order valence-electron chi connectivity index (χ4n) is 1.47. The van der Waals surface area contributed by atoms with Gasteiger partial charge in [0.15, 0.2) is 23.0 Å². The van der Waals surface area contributed by atoms with Crippen LogP contribution in [0.2, 0.25) is 0 Å². The van der Waals surface area contributed by atoms with E-state index >= 15 is 0 Å². The van der Waals surface area contributed by atoms with E-state index in [1.165, 1.54) is 0 Å². The van der Waals surface area contributed by atoms with Gasteiger partial charge in [0.1, 0.15) is 0 Å². The van der Waals surface area contributed by atoms with Gasteiger partial charge < -0.3 is 0 Å². The highest BCUT2D eigenvalue weighted by Crippen LogP contribution is 2.12. The van der Waals surface area contributed by atoms with Crippen molar-refractivity contribution >= 4 is 11.6 Å². The Morgan fingerprint density at radius 3 is 1.71 bits per heavy atom. The number of hydrogen-bond acceptors (Lipinski definition) is 5. The van der Waals surface area contributed by atoms with Crippen LogP contribution in [0.4, 0.5) is 0 Å². The van der Waals surface area contributed by atoms with Gasteiger partial charge in [-0.25, -0.2) is 4.63 Å². The van der Waals surface area contributed by atoms with E-state index in [-0.39, 0.29) is 23.0 Å². The highest BCUT2D eigenvalue weighted by Gasteiger charge is 2.22. The summed E-state index contributed by atoms with van der Waals surface area (Å²) in [5, 5.41) is 7.08. The first-order chi connectivity index (χ1) is 8.20. The summed E-state index contributed by atoms with van der Waals surface area (Å²) in [5.41, 5.74) is 0.194. The van der Waals surface area contributed by atoms with Gasteiger partial charge in [0.25, 0.3) is 0 Å². The van der Waals surface area contributed by atoms with Crippen molar-refractivity contribution in [3.63, 3.8) is 0 Å². The van der Waals surface area contributed by atoms with Crippen molar-refractivity contribution in [1.82, 2.24) is 10.3 Å². The molecule has 94 valence electrons. The first-order valence-corrected chi connectivity index (χ1v) is 6.09. The van der Waals surface area contributed by atoms with Crippen molar-refractivity contribution in [1.29, 1.82) is 0 Å². The van der Waals surface area contributed by atoms with E-state index in [4.69, 9.17) is 0 Å². The summed E-state index contributed by atoms with van der Waals surface area (Å²) >= 11 is 0. The van der Waals surface area contributed by atoms with Crippen LogP contribution < -0.4 is 0 Å². The summed E-state index contributed by atoms with van der Waals surface area (Å²) in [6, 6.07) is 0. The van der Waals surface area contributed by atoms with Gasteiger partial charge in [0.05, 0.1) is 0 Å². The number of aromatic nitrogens is 2. The number of ketones is 2. The lowest BCUT2D eigenvalue weighted by Gasteiger charge is -1.97. The minimum Gasteiger partial charge on any atom is -0.292 e. The Balaban J connectivity index is 2.71. The molecule has 1 rings (SSSR count). The Morgan fingerprint density at radius 2 is 1.35 bits per heavy atom. The number of hydrogen-bond donors (Lipinski definition) is 0. The van der Waals surface area contributed by atoms with Gasteiger partial charge in [0.2, 0.25) is 0 Å². The first-order valence-electron chi connectivity index (χ1n) is 6.09. The van der Waals surface area contributed by atoms with Gasteiger partial charge in [0, 0.05) is 12.8 Å². The van der Waals surface area contributed by atoms with E-state index in [0.717, 1.165) is 25.7 Å². The lowest BCUT2D eigenvalue weighted by molar-refractivity contribution is 0.0941. The van der Waals surface area contributed by atoms with Gasteiger partial charge in [-0.15, -0.1) is 0 Å². The number of unbranched alkanes of at least 4 members (excludes halogenated alkanes) is 2. The zero-order valence-electron chi connectivity index (χ0n) is 10.4. The molecule has 0 aliphatic rings. The van der Waals surface area contributed by atoms with Gasteiger partial charge in [-0.05, 0) is 23.2 Å². The lowest BCUT2D eigenvalue weighted by Crippen LogP contribution is -2.09. The van der Waals surface area contributed by atoms with Crippen molar-refractivity contribution in [2.75, 3.05) is 0 Å². The Hall–Kier alpha value is -1.52. The molecule has 0 unspecified atom stereocenters. The molecule has 0 amide bonds. The number of rotatable bonds is 8. The second kappa shape index (κ2) is 6.93. The van der Waals surface area contributed by atoms with Gasteiger partial charge in [-0.3, -0.25) is 9.59 Å². The normalized spacial score (nSPS) is 10.5. The van der Waals surface area contributed by atoms with Crippen LogP contribution in [0.15, 0.2) is 4.63 Å². The number of Topliss-reactive ketones (excluding diaryl/α,β-unsaturated/α-hetero) is 2. The summed E-state index contributed by atoms with van der Waals surface area (Å²) < 4.78 is 4.51. The molecule has 0 N–H and O–H groups in total. The van der Waals surface area contributed by atoms with Crippen LogP contribution in [0.1, 0.15) is 73.3 Å². The summed E-state index contributed by atoms with van der Waals surface area (Å²) in [6.45, 7) is 4.00. The lowest BCUT2D eigenvalue weighted by atomic mass is 10.1. The third-order valence-electron chi connectivity index (χ3n) is 2.53. The van der Waals surface area contributed by atoms with Crippen LogP contribution in [0.5, 0.6) is 0 Å². The predicted molar refractivity (Wildman–Crippen MR) is 62.0 cm³/mol. The Kier molecular flexibility index (Phi) is 5.52. The molecule has 0 fully saturated rings. The molecular weight excluding hydrogens is 220 g/mol. The molecule has 1 aromatic rings. The highest BCUT2D eigenvalue weighted by molar-refractivity contribution is 6.06. The van der Waals surface area contributed by atoms with Gasteiger partial charge in [-0.2, -0.15) is 0 Å². The minimum atomic E-state index is -0.159. The van der Waals surface area contributed by atoms with Crippen LogP contribution >= 0.6 is 0 Å². The average molecular weight is 238 g/mol. The molecule has 0 atom stereocenters. The molecule has 17 heavy (non-hydrogen) atoms. The topological polar surface area (TPSA) is 73.1 Å². The van der Waals surface area contributed by atoms with Crippen molar-refractivity contribution in [3.05, 3.63) is 11.4 Å². The van der Waals surface area contributed by atoms with Crippen molar-refractivity contribution in [3.8, 4) is 0 Å². The smallest absolute Gasteiger partial charge is 0.187 e. The molecule has 0 aromatic carbocycles. The Bertz CT molecular complexity index is 350. The molecule has 1 aromatic heterocycles. The zero-order valence-corrected chi connectivity index (χ0v) is 10.4. The largest absolute Gasteiger partial charge is 0.292 e. The summed E-state index contributed by atoms with van der Waals surface area (Å²) in [5.74, 6) is -0.319. The van der Waals surface area contributed by atoms with Gasteiger partial charge >= 0.3 is 0 Å². The number of nitrogens with zero attached hydrogens (tertiary/aromatic N) is 2. The third kappa shape index (κ3) is 3.76. The highest BCUT2D eigenvalue weighted by atomic mass is 16.6. The van der Waals surface area contributed by atoms with E-state index in [2.05, 4.69) is 14.9 Å². The molecule has 0 saturated carbocycles. The monoisotopic (exact) mass is 238 g/mol. The van der Waals surface area contributed by atoms with Crippen LogP contribution in [0.25, 0.3) is 0 Å². The maximum atomic E-state index is 11.7. The van der Waals surface area contributed by atoms with Crippen molar-refractivity contribution in [2.24, 2.45) is 0 Å². The summed E-state index contributed by atoms with van der Waals surface area (Å²) in [6.07, 6.45) is 4.20. The molecule has 0 aliphatic carbocycles. The SMILES string of the molecule is CCCCC(=O)c1nonc1C(=O)CCCC. The average Bonchev–Trinajstić information content (AvgIpc) is 2.82. The Morgan fingerprint density at radius 1 is 0.941 bits per heavy atom. The molecule has 0 aliphatic heterocycles. The number of carbonyl (C=O) groups is 2. The molecule has 5 nitrogen and oxygen atoms in total. The van der Waals surface area contributed by atoms with E-state index in [0.29, 0.717) is 12.8 Å². The fourth-order valence-corrected chi connectivity index (χ4v) is 1.47. The summed E-state index contributed by atoms with van der Waals surface area (Å²) in [4.78, 5) is 23.5. The van der Waals surface area contributed by atoms with Crippen LogP contribution in [0, 0.1) is 0 Å². The van der Waals surface area contributed by atoms with E-state index < -0.39 is 0 Å². The molecule has 0 saturated heterocycles. The molecule has 0 spiro atoms. The zero-order chi connectivity index (χ0) is 12.7. The number of carbonyl (C=O) groups excluding carboxylic acids is 2. The standard InChI is InChI=1S/C12H18N2O3/c1-3-5-7-9(15)11-12(14-17-13-11)10(16)8-6-4-2/h3-8H2,1-2H3. The second-order valence-corrected chi connectivity index (χ2v) is 4.01. The molecule has 0 bridgehead atoms. The summed E-state index contributed by atoms with van der Waals surface area (Å²) in [7, 11) is 0. The Labute approximate surface area is 101 Å². The fraction of sp³-hybridized carbons (Fsp3) is 0.667. The quantitative estimate of drug-likeness (QED) is 0.651. The first kappa shape index (κ1) is 13.5. The van der Waals surface area contributed by atoms with Crippen molar-refractivity contribution in [2.45, 2.75) is 52.4 Å². The van der Waals surface area contributed by atoms with E-state index in [1.807, 2.05) is 13.8 Å². The second-order valence-electron chi connectivity index (χ2n) is 4.01. The predicted octanol–water partition coefficient (Wildman–Crippen LogP) is 2.82. The maximum Gasteiger partial charge on any atom is 0.187 e. The van der Waals surface area contributed by atoms with E-state index in [9.17, 15) is 9.59 Å². The van der Waals surface area contributed by atoms with Crippen LogP contribution in [-0.2, 0) is 0 Å². The molecule has 1 heterocycles. The minimum absolute atomic E-state index is 0.0968. The maximum absolute atomic E-state index is 11.7. The molecule has 5 heteroatoms. The third-order valence-corrected chi connectivity index (χ3v) is 2.53. The molecule has 0 radical (unpaired) electrons. The van der Waals surface area contributed by atoms with E-state index in [1.54, 1.807) is 0 Å². The van der Waals surface area contributed by atoms with Crippen molar-refractivity contribution < 1.29 is 14.2 Å². The molecular formula is C12H18N2O3. The van der Waals surface area contributed by atoms with Crippen LogP contribution in [0.3, 0.4) is 0 Å².